The number of amides is 2. The van der Waals surface area contributed by atoms with Crippen LogP contribution in [-0.2, 0) is 15.0 Å². The molecule has 0 atom stereocenters. The molecule has 4 rings (SSSR count). The lowest BCUT2D eigenvalue weighted by atomic mass is 9.83. The molecule has 0 unspecified atom stereocenters. The third-order valence-corrected chi connectivity index (χ3v) is 7.33. The third kappa shape index (κ3) is 3.62. The van der Waals surface area contributed by atoms with Crippen molar-refractivity contribution in [2.24, 2.45) is 5.41 Å². The molecule has 2 heterocycles. The molecule has 1 saturated carbocycles. The highest BCUT2D eigenvalue weighted by Crippen LogP contribution is 2.44. The Morgan fingerprint density at radius 3 is 2.67 bits per heavy atom. The second kappa shape index (κ2) is 8.06. The normalized spacial score (nSPS) is 19.7. The molecule has 5 nitrogen and oxygen atoms in total. The molecule has 1 aliphatic carbocycles. The summed E-state index contributed by atoms with van der Waals surface area (Å²) in [5.41, 5.74) is 0.461. The van der Waals surface area contributed by atoms with Crippen molar-refractivity contribution in [3.05, 3.63) is 40.6 Å². The summed E-state index contributed by atoms with van der Waals surface area (Å²) in [6, 6.07) is 9.73. The highest BCUT2D eigenvalue weighted by atomic mass is 32.1. The van der Waals surface area contributed by atoms with E-state index in [1.165, 1.54) is 0 Å². The fourth-order valence-electron chi connectivity index (χ4n) is 4.54. The predicted molar refractivity (Wildman–Crippen MR) is 121 cm³/mol. The molecule has 2 amide bonds. The Morgan fingerprint density at radius 2 is 2.00 bits per heavy atom. The number of benzene rings is 1. The van der Waals surface area contributed by atoms with Crippen molar-refractivity contribution in [1.29, 1.82) is 0 Å². The summed E-state index contributed by atoms with van der Waals surface area (Å²) in [6.07, 6.45) is 4.77. The van der Waals surface area contributed by atoms with Crippen molar-refractivity contribution in [1.82, 2.24) is 0 Å². The minimum absolute atomic E-state index is 0.0536. The van der Waals surface area contributed by atoms with Crippen LogP contribution >= 0.6 is 11.3 Å². The largest absolute Gasteiger partial charge is 0.490 e. The Balaban J connectivity index is 1.62. The quantitative estimate of drug-likeness (QED) is 0.700. The molecule has 0 bridgehead atoms. The van der Waals surface area contributed by atoms with Gasteiger partial charge < -0.3 is 15.0 Å². The van der Waals surface area contributed by atoms with Crippen LogP contribution in [0.1, 0.15) is 57.8 Å². The molecule has 160 valence electrons. The van der Waals surface area contributed by atoms with Crippen LogP contribution in [0.25, 0.3) is 0 Å². The standard InChI is InChI=1S/C24H30N2O3S/c1-4-13-26-18-10-9-17(15-19(18)29-16-23(2,3)22(26)28)25-21(27)24(11-5-6-12-24)20-8-7-14-30-20/h7-10,14-15H,4-6,11-13,16H2,1-3H3,(H,25,27). The lowest BCUT2D eigenvalue weighted by molar-refractivity contribution is -0.127. The van der Waals surface area contributed by atoms with Crippen LogP contribution in [0.5, 0.6) is 5.75 Å². The molecule has 1 aromatic heterocycles. The van der Waals surface area contributed by atoms with Gasteiger partial charge in [-0.2, -0.15) is 0 Å². The molecular formula is C24H30N2O3S. The maximum atomic E-state index is 13.4. The number of carbonyl (C=O) groups excluding carboxylic acids is 2. The van der Waals surface area contributed by atoms with E-state index in [9.17, 15) is 9.59 Å². The van der Waals surface area contributed by atoms with Gasteiger partial charge in [-0.15, -0.1) is 11.3 Å². The Bertz CT molecular complexity index is 930. The maximum Gasteiger partial charge on any atom is 0.236 e. The molecule has 2 aromatic rings. The number of nitrogens with zero attached hydrogens (tertiary/aromatic N) is 1. The van der Waals surface area contributed by atoms with Crippen molar-refractivity contribution in [2.75, 3.05) is 23.4 Å². The first-order valence-corrected chi connectivity index (χ1v) is 11.7. The number of hydrogen-bond acceptors (Lipinski definition) is 4. The van der Waals surface area contributed by atoms with Crippen LogP contribution in [0.4, 0.5) is 11.4 Å². The summed E-state index contributed by atoms with van der Waals surface area (Å²) in [6.45, 7) is 6.85. The molecule has 1 aliphatic heterocycles. The van der Waals surface area contributed by atoms with Gasteiger partial charge in [0, 0.05) is 23.2 Å². The summed E-state index contributed by atoms with van der Waals surface area (Å²) in [5, 5.41) is 5.19. The molecule has 0 radical (unpaired) electrons. The summed E-state index contributed by atoms with van der Waals surface area (Å²) >= 11 is 1.66. The van der Waals surface area contributed by atoms with Crippen LogP contribution in [0.15, 0.2) is 35.7 Å². The molecule has 1 N–H and O–H groups in total. The third-order valence-electron chi connectivity index (χ3n) is 6.25. The van der Waals surface area contributed by atoms with E-state index < -0.39 is 10.8 Å². The second-order valence-electron chi connectivity index (χ2n) is 9.03. The first-order chi connectivity index (χ1) is 14.4. The highest BCUT2D eigenvalue weighted by molar-refractivity contribution is 7.10. The molecule has 0 saturated heterocycles. The van der Waals surface area contributed by atoms with Crippen molar-refractivity contribution >= 4 is 34.5 Å². The fraction of sp³-hybridized carbons (Fsp3) is 0.500. The van der Waals surface area contributed by atoms with Crippen molar-refractivity contribution in [2.45, 2.75) is 58.3 Å². The van der Waals surface area contributed by atoms with E-state index in [0.29, 0.717) is 24.6 Å². The summed E-state index contributed by atoms with van der Waals surface area (Å²) in [4.78, 5) is 29.4. The van der Waals surface area contributed by atoms with Crippen LogP contribution < -0.4 is 15.0 Å². The maximum absolute atomic E-state index is 13.4. The van der Waals surface area contributed by atoms with Crippen molar-refractivity contribution < 1.29 is 14.3 Å². The lowest BCUT2D eigenvalue weighted by Gasteiger charge is -2.28. The topological polar surface area (TPSA) is 58.6 Å². The van der Waals surface area contributed by atoms with E-state index in [1.54, 1.807) is 11.3 Å². The number of anilines is 2. The molecule has 2 aliphatic rings. The zero-order chi connectivity index (χ0) is 21.4. The van der Waals surface area contributed by atoms with E-state index in [0.717, 1.165) is 42.7 Å². The van der Waals surface area contributed by atoms with Crippen molar-refractivity contribution in [3.8, 4) is 5.75 Å². The summed E-state index contributed by atoms with van der Waals surface area (Å²) in [7, 11) is 0. The number of hydrogen-bond donors (Lipinski definition) is 1. The lowest BCUT2D eigenvalue weighted by Crippen LogP contribution is -2.42. The van der Waals surface area contributed by atoms with Crippen LogP contribution in [0.3, 0.4) is 0 Å². The van der Waals surface area contributed by atoms with Gasteiger partial charge in [-0.25, -0.2) is 0 Å². The van der Waals surface area contributed by atoms with Crippen LogP contribution in [-0.4, -0.2) is 25.0 Å². The van der Waals surface area contributed by atoms with E-state index in [1.807, 2.05) is 48.4 Å². The molecular weight excluding hydrogens is 396 g/mol. The van der Waals surface area contributed by atoms with Crippen LogP contribution in [0.2, 0.25) is 0 Å². The number of thiophene rings is 1. The monoisotopic (exact) mass is 426 g/mol. The van der Waals surface area contributed by atoms with Gasteiger partial charge in [0.15, 0.2) is 0 Å². The minimum Gasteiger partial charge on any atom is -0.490 e. The Kier molecular flexibility index (Phi) is 5.62. The Hall–Kier alpha value is -2.34. The zero-order valence-corrected chi connectivity index (χ0v) is 18.8. The SMILES string of the molecule is CCCN1C(=O)C(C)(C)COc2cc(NC(=O)C3(c4cccs4)CCCC3)ccc21. The van der Waals surface area contributed by atoms with Gasteiger partial charge in [-0.3, -0.25) is 9.59 Å². The Labute approximate surface area is 182 Å². The smallest absolute Gasteiger partial charge is 0.236 e. The van der Waals surface area contributed by atoms with Gasteiger partial charge in [-0.05, 0) is 56.7 Å². The molecule has 1 aromatic carbocycles. The van der Waals surface area contributed by atoms with Crippen LogP contribution in [0, 0.1) is 5.41 Å². The zero-order valence-electron chi connectivity index (χ0n) is 18.0. The van der Waals surface area contributed by atoms with Gasteiger partial charge in [0.25, 0.3) is 0 Å². The Morgan fingerprint density at radius 1 is 1.23 bits per heavy atom. The van der Waals surface area contributed by atoms with E-state index in [-0.39, 0.29) is 11.8 Å². The highest BCUT2D eigenvalue weighted by Gasteiger charge is 2.44. The molecule has 30 heavy (non-hydrogen) atoms. The minimum atomic E-state index is -0.593. The number of nitrogens with one attached hydrogen (secondary N) is 1. The van der Waals surface area contributed by atoms with Gasteiger partial charge in [-0.1, -0.05) is 25.8 Å². The number of ether oxygens (including phenoxy) is 1. The van der Waals surface area contributed by atoms with E-state index in [4.69, 9.17) is 4.74 Å². The summed E-state index contributed by atoms with van der Waals surface area (Å²) in [5.74, 6) is 0.775. The molecule has 6 heteroatoms. The van der Waals surface area contributed by atoms with Gasteiger partial charge in [0.2, 0.25) is 11.8 Å². The average Bonchev–Trinajstić information content (AvgIpc) is 3.41. The second-order valence-corrected chi connectivity index (χ2v) is 9.98. The van der Waals surface area contributed by atoms with Gasteiger partial charge in [0.1, 0.15) is 12.4 Å². The van der Waals surface area contributed by atoms with Crippen molar-refractivity contribution in [3.63, 3.8) is 0 Å². The first kappa shape index (κ1) is 20.9. The van der Waals surface area contributed by atoms with Gasteiger partial charge in [0.05, 0.1) is 16.5 Å². The van der Waals surface area contributed by atoms with E-state index >= 15 is 0 Å². The molecule has 0 spiro atoms. The molecule has 1 fully saturated rings. The number of fused-ring (bicyclic) bond motifs is 1. The average molecular weight is 427 g/mol. The fourth-order valence-corrected chi connectivity index (χ4v) is 5.52. The first-order valence-electron chi connectivity index (χ1n) is 10.8. The number of carbonyl (C=O) groups is 2. The summed E-state index contributed by atoms with van der Waals surface area (Å²) < 4.78 is 6.04. The van der Waals surface area contributed by atoms with E-state index in [2.05, 4.69) is 18.3 Å². The van der Waals surface area contributed by atoms with Gasteiger partial charge >= 0.3 is 0 Å². The predicted octanol–water partition coefficient (Wildman–Crippen LogP) is 5.36. The number of rotatable bonds is 5.